The smallest absolute Gasteiger partial charge is 0.268 e. The lowest BCUT2D eigenvalue weighted by Crippen LogP contribution is -2.28. The fourth-order valence-electron chi connectivity index (χ4n) is 1.51. The maximum absolute atomic E-state index is 13.6. The molecule has 2 amide bonds. The Morgan fingerprint density at radius 3 is 2.84 bits per heavy atom. The number of terminal acetylenes is 1. The number of halogens is 2. The molecule has 0 aliphatic carbocycles. The molecule has 1 heterocycles. The molecule has 1 aliphatic heterocycles. The van der Waals surface area contributed by atoms with Crippen LogP contribution in [0.1, 0.15) is 5.56 Å². The molecule has 0 bridgehead atoms. The molecule has 96 valence electrons. The van der Waals surface area contributed by atoms with E-state index in [1.807, 2.05) is 0 Å². The zero-order chi connectivity index (χ0) is 14.0. The predicted molar refractivity (Wildman–Crippen MR) is 72.9 cm³/mol. The zero-order valence-electron chi connectivity index (χ0n) is 9.52. The molecule has 0 saturated carbocycles. The molecule has 2 rings (SSSR count). The van der Waals surface area contributed by atoms with E-state index in [2.05, 4.69) is 5.92 Å². The molecule has 0 N–H and O–H groups in total. The number of nitrogens with zero attached hydrogens (tertiary/aromatic N) is 1. The second kappa shape index (κ2) is 5.47. The van der Waals surface area contributed by atoms with Crippen molar-refractivity contribution in [2.75, 3.05) is 6.54 Å². The van der Waals surface area contributed by atoms with Crippen molar-refractivity contribution in [1.29, 1.82) is 0 Å². The first-order chi connectivity index (χ1) is 9.04. The lowest BCUT2D eigenvalue weighted by molar-refractivity contribution is -0.122. The quantitative estimate of drug-likeness (QED) is 0.621. The maximum atomic E-state index is 13.6. The Morgan fingerprint density at radius 2 is 2.21 bits per heavy atom. The second-order valence-corrected chi connectivity index (χ2v) is 5.01. The van der Waals surface area contributed by atoms with Crippen LogP contribution in [-0.2, 0) is 4.79 Å². The number of amides is 2. The number of hydrogen-bond donors (Lipinski definition) is 0. The van der Waals surface area contributed by atoms with Gasteiger partial charge in [0.1, 0.15) is 5.82 Å². The third-order valence-corrected chi connectivity index (χ3v) is 3.64. The van der Waals surface area contributed by atoms with Crippen LogP contribution in [0.4, 0.5) is 9.18 Å². The van der Waals surface area contributed by atoms with Gasteiger partial charge in [0, 0.05) is 5.56 Å². The lowest BCUT2D eigenvalue weighted by Gasteiger charge is -2.06. The van der Waals surface area contributed by atoms with Gasteiger partial charge in [0.15, 0.2) is 0 Å². The average Bonchev–Trinajstić information content (AvgIpc) is 2.62. The average molecular weight is 296 g/mol. The van der Waals surface area contributed by atoms with Crippen molar-refractivity contribution < 1.29 is 14.0 Å². The largest absolute Gasteiger partial charge is 0.294 e. The van der Waals surface area contributed by atoms with Gasteiger partial charge in [0.05, 0.1) is 16.5 Å². The van der Waals surface area contributed by atoms with Gasteiger partial charge in [-0.1, -0.05) is 23.6 Å². The summed E-state index contributed by atoms with van der Waals surface area (Å²) in [4.78, 5) is 24.5. The minimum absolute atomic E-state index is 0.0791. The van der Waals surface area contributed by atoms with Gasteiger partial charge in [-0.05, 0) is 30.0 Å². The van der Waals surface area contributed by atoms with E-state index in [0.29, 0.717) is 11.8 Å². The first-order valence-electron chi connectivity index (χ1n) is 5.17. The molecule has 1 aliphatic rings. The van der Waals surface area contributed by atoms with Crippen LogP contribution in [0.25, 0.3) is 6.08 Å². The van der Waals surface area contributed by atoms with E-state index in [1.54, 1.807) is 0 Å². The molecular weight excluding hydrogens is 289 g/mol. The van der Waals surface area contributed by atoms with Gasteiger partial charge in [-0.3, -0.25) is 14.5 Å². The van der Waals surface area contributed by atoms with Crippen molar-refractivity contribution in [1.82, 2.24) is 4.90 Å². The van der Waals surface area contributed by atoms with Gasteiger partial charge in [-0.2, -0.15) is 0 Å². The van der Waals surface area contributed by atoms with E-state index in [4.69, 9.17) is 18.0 Å². The van der Waals surface area contributed by atoms with Crippen LogP contribution in [0.2, 0.25) is 5.02 Å². The highest BCUT2D eigenvalue weighted by Crippen LogP contribution is 2.33. The molecule has 6 heteroatoms. The molecule has 1 aromatic carbocycles. The highest BCUT2D eigenvalue weighted by molar-refractivity contribution is 8.18. The first-order valence-corrected chi connectivity index (χ1v) is 6.37. The summed E-state index contributed by atoms with van der Waals surface area (Å²) in [5.41, 5.74) is 0.0791. The molecule has 1 saturated heterocycles. The number of rotatable bonds is 2. The Bertz CT molecular complexity index is 616. The summed E-state index contributed by atoms with van der Waals surface area (Å²) in [5.74, 6) is 1.13. The molecule has 19 heavy (non-hydrogen) atoms. The minimum Gasteiger partial charge on any atom is -0.268 e. The number of imide groups is 1. The van der Waals surface area contributed by atoms with E-state index in [-0.39, 0.29) is 22.0 Å². The highest BCUT2D eigenvalue weighted by Gasteiger charge is 2.34. The molecule has 3 nitrogen and oxygen atoms in total. The molecule has 1 fully saturated rings. The minimum atomic E-state index is -0.559. The van der Waals surface area contributed by atoms with Gasteiger partial charge in [0.25, 0.3) is 11.1 Å². The Balaban J connectivity index is 2.39. The van der Waals surface area contributed by atoms with Gasteiger partial charge >= 0.3 is 0 Å². The van der Waals surface area contributed by atoms with E-state index in [0.717, 1.165) is 4.90 Å². The van der Waals surface area contributed by atoms with Crippen molar-refractivity contribution in [3.05, 3.63) is 39.5 Å². The Labute approximate surface area is 118 Å². The standard InChI is InChI=1S/C13H7ClFNO2S/c1-2-6-16-12(17)11(19-13(16)18)7-8-9(14)4-3-5-10(8)15/h1,3-5,7H,6H2/b11-7-. The lowest BCUT2D eigenvalue weighted by atomic mass is 10.2. The van der Waals surface area contributed by atoms with E-state index < -0.39 is 17.0 Å². The fraction of sp³-hybridized carbons (Fsp3) is 0.0769. The number of carbonyl (C=O) groups excluding carboxylic acids is 2. The third kappa shape index (κ3) is 2.65. The summed E-state index contributed by atoms with van der Waals surface area (Å²) in [6, 6.07) is 4.19. The number of carbonyl (C=O) groups is 2. The molecule has 1 aromatic rings. The molecule has 0 unspecified atom stereocenters. The monoisotopic (exact) mass is 295 g/mol. The Hall–Kier alpha value is -1.77. The van der Waals surface area contributed by atoms with Crippen LogP contribution < -0.4 is 0 Å². The summed E-state index contributed by atoms with van der Waals surface area (Å²) >= 11 is 6.57. The Kier molecular flexibility index (Phi) is 3.93. The number of benzene rings is 1. The van der Waals surface area contributed by atoms with E-state index >= 15 is 0 Å². The number of thioether (sulfide) groups is 1. The fourth-order valence-corrected chi connectivity index (χ4v) is 2.54. The molecule has 0 atom stereocenters. The Morgan fingerprint density at radius 1 is 1.47 bits per heavy atom. The SMILES string of the molecule is C#CCN1C(=O)S/C(=C\c2c(F)cccc2Cl)C1=O. The molecular formula is C13H7ClFNO2S. The van der Waals surface area contributed by atoms with E-state index in [9.17, 15) is 14.0 Å². The molecule has 0 spiro atoms. The third-order valence-electron chi connectivity index (χ3n) is 2.40. The summed E-state index contributed by atoms with van der Waals surface area (Å²) in [6.07, 6.45) is 6.34. The van der Waals surface area contributed by atoms with Gasteiger partial charge < -0.3 is 0 Å². The zero-order valence-corrected chi connectivity index (χ0v) is 11.1. The molecule has 0 aromatic heterocycles. The summed E-state index contributed by atoms with van der Waals surface area (Å²) in [5, 5.41) is -0.301. The van der Waals surface area contributed by atoms with E-state index in [1.165, 1.54) is 24.3 Å². The summed E-state index contributed by atoms with van der Waals surface area (Å²) < 4.78 is 13.6. The van der Waals surface area contributed by atoms with Crippen LogP contribution in [0.5, 0.6) is 0 Å². The van der Waals surface area contributed by atoms with Crippen molar-refractivity contribution in [2.24, 2.45) is 0 Å². The van der Waals surface area contributed by atoms with Gasteiger partial charge in [-0.25, -0.2) is 4.39 Å². The topological polar surface area (TPSA) is 37.4 Å². The summed E-state index contributed by atoms with van der Waals surface area (Å²) in [6.45, 7) is -0.104. The van der Waals surface area contributed by atoms with Crippen molar-refractivity contribution in [3.8, 4) is 12.3 Å². The van der Waals surface area contributed by atoms with Crippen molar-refractivity contribution >= 4 is 40.6 Å². The van der Waals surface area contributed by atoms with Crippen LogP contribution in [0, 0.1) is 18.2 Å². The van der Waals surface area contributed by atoms with Crippen molar-refractivity contribution in [2.45, 2.75) is 0 Å². The number of hydrogen-bond acceptors (Lipinski definition) is 3. The first kappa shape index (κ1) is 13.7. The summed E-state index contributed by atoms with van der Waals surface area (Å²) in [7, 11) is 0. The molecule has 0 radical (unpaired) electrons. The predicted octanol–water partition coefficient (Wildman–Crippen LogP) is 3.15. The van der Waals surface area contributed by atoms with Crippen molar-refractivity contribution in [3.63, 3.8) is 0 Å². The second-order valence-electron chi connectivity index (χ2n) is 3.61. The van der Waals surface area contributed by atoms with Crippen LogP contribution >= 0.6 is 23.4 Å². The van der Waals surface area contributed by atoms with Gasteiger partial charge in [-0.15, -0.1) is 6.42 Å². The normalized spacial score (nSPS) is 17.1. The highest BCUT2D eigenvalue weighted by atomic mass is 35.5. The van der Waals surface area contributed by atoms with Crippen LogP contribution in [0.15, 0.2) is 23.1 Å². The van der Waals surface area contributed by atoms with Crippen LogP contribution in [0.3, 0.4) is 0 Å². The van der Waals surface area contributed by atoms with Gasteiger partial charge in [0.2, 0.25) is 0 Å². The maximum Gasteiger partial charge on any atom is 0.294 e. The van der Waals surface area contributed by atoms with Crippen LogP contribution in [-0.4, -0.2) is 22.6 Å².